The number of carbonyl (C=O) groups is 1. The van der Waals surface area contributed by atoms with Crippen LogP contribution >= 0.6 is 0 Å². The zero-order valence-electron chi connectivity index (χ0n) is 15.3. The summed E-state index contributed by atoms with van der Waals surface area (Å²) in [6.45, 7) is 0. The van der Waals surface area contributed by atoms with E-state index in [1.165, 1.54) is 42.9 Å². The van der Waals surface area contributed by atoms with Crippen molar-refractivity contribution in [2.75, 3.05) is 16.3 Å². The molecule has 3 rings (SSSR count). The van der Waals surface area contributed by atoms with Crippen molar-refractivity contribution < 1.29 is 13.2 Å². The van der Waals surface area contributed by atoms with Crippen molar-refractivity contribution in [3.05, 3.63) is 62.9 Å². The first-order valence-electron chi connectivity index (χ1n) is 8.03. The maximum absolute atomic E-state index is 12.5. The van der Waals surface area contributed by atoms with E-state index in [1.807, 2.05) is 0 Å². The number of carbonyl (C=O) groups excluding carboxylic acids is 1. The van der Waals surface area contributed by atoms with Gasteiger partial charge in [-0.25, -0.2) is 18.2 Å². The fraction of sp³-hybridized carbons (Fsp3) is 0.176. The molecule has 10 nitrogen and oxygen atoms in total. The van der Waals surface area contributed by atoms with Crippen LogP contribution in [0, 0.1) is 0 Å². The second kappa shape index (κ2) is 6.93. The molecule has 0 fully saturated rings. The minimum atomic E-state index is -3.45. The van der Waals surface area contributed by atoms with Gasteiger partial charge in [0.25, 0.3) is 11.5 Å². The van der Waals surface area contributed by atoms with Crippen molar-refractivity contribution in [1.82, 2.24) is 14.1 Å². The largest absolute Gasteiger partial charge is 0.332 e. The third-order valence-corrected chi connectivity index (χ3v) is 4.56. The van der Waals surface area contributed by atoms with Gasteiger partial charge in [-0.1, -0.05) is 6.07 Å². The van der Waals surface area contributed by atoms with Crippen LogP contribution in [0.5, 0.6) is 0 Å². The fourth-order valence-corrected chi connectivity index (χ4v) is 3.21. The molecule has 0 saturated carbocycles. The summed E-state index contributed by atoms with van der Waals surface area (Å²) in [6.07, 6.45) is 1.02. The number of sulfonamides is 1. The van der Waals surface area contributed by atoms with Gasteiger partial charge in [-0.2, -0.15) is 0 Å². The van der Waals surface area contributed by atoms with Gasteiger partial charge in [0.1, 0.15) is 11.3 Å². The summed E-state index contributed by atoms with van der Waals surface area (Å²) in [7, 11) is -0.634. The molecule has 0 bridgehead atoms. The third-order valence-electron chi connectivity index (χ3n) is 3.96. The molecule has 0 saturated heterocycles. The minimum Gasteiger partial charge on any atom is -0.321 e. The average Bonchev–Trinajstić information content (AvgIpc) is 2.63. The van der Waals surface area contributed by atoms with Gasteiger partial charge < -0.3 is 5.32 Å². The SMILES string of the molecule is Cn1c(=O)c2ccc(C(=O)Nc3cccc(NS(C)(=O)=O)c3)nc2n(C)c1=O. The topological polar surface area (TPSA) is 132 Å². The number of hydrogen-bond acceptors (Lipinski definition) is 6. The van der Waals surface area contributed by atoms with Gasteiger partial charge in [-0.05, 0) is 30.3 Å². The molecule has 0 aliphatic carbocycles. The second-order valence-electron chi connectivity index (χ2n) is 6.18. The number of nitrogens with one attached hydrogen (secondary N) is 2. The summed E-state index contributed by atoms with van der Waals surface area (Å²) < 4.78 is 27.1. The van der Waals surface area contributed by atoms with Crippen LogP contribution in [0.4, 0.5) is 11.4 Å². The highest BCUT2D eigenvalue weighted by molar-refractivity contribution is 7.92. The van der Waals surface area contributed by atoms with Crippen molar-refractivity contribution in [2.24, 2.45) is 14.1 Å². The molecule has 2 aromatic heterocycles. The summed E-state index contributed by atoms with van der Waals surface area (Å²) in [5, 5.41) is 2.81. The van der Waals surface area contributed by atoms with Crippen LogP contribution < -0.4 is 21.3 Å². The van der Waals surface area contributed by atoms with Crippen molar-refractivity contribution in [2.45, 2.75) is 0 Å². The molecule has 0 atom stereocenters. The summed E-state index contributed by atoms with van der Waals surface area (Å²) in [4.78, 5) is 40.9. The molecular weight excluding hydrogens is 386 g/mol. The van der Waals surface area contributed by atoms with E-state index in [9.17, 15) is 22.8 Å². The first-order valence-corrected chi connectivity index (χ1v) is 9.92. The molecule has 1 aromatic carbocycles. The number of rotatable bonds is 4. The van der Waals surface area contributed by atoms with E-state index in [-0.39, 0.29) is 22.4 Å². The number of benzene rings is 1. The van der Waals surface area contributed by atoms with Gasteiger partial charge in [-0.15, -0.1) is 0 Å². The van der Waals surface area contributed by atoms with E-state index in [1.54, 1.807) is 12.1 Å². The Morgan fingerprint density at radius 2 is 1.71 bits per heavy atom. The van der Waals surface area contributed by atoms with Crippen molar-refractivity contribution in [1.29, 1.82) is 0 Å². The quantitative estimate of drug-likeness (QED) is 0.642. The summed E-state index contributed by atoms with van der Waals surface area (Å²) >= 11 is 0. The highest BCUT2D eigenvalue weighted by atomic mass is 32.2. The Bertz CT molecular complexity index is 1320. The molecule has 11 heteroatoms. The Labute approximate surface area is 159 Å². The predicted octanol–water partition coefficient (Wildman–Crippen LogP) is 0.256. The average molecular weight is 403 g/mol. The Morgan fingerprint density at radius 1 is 1.04 bits per heavy atom. The van der Waals surface area contributed by atoms with E-state index in [0.29, 0.717) is 5.69 Å². The Balaban J connectivity index is 1.96. The zero-order valence-corrected chi connectivity index (χ0v) is 16.1. The van der Waals surface area contributed by atoms with Crippen LogP contribution in [0.1, 0.15) is 10.5 Å². The van der Waals surface area contributed by atoms with Gasteiger partial charge in [0.15, 0.2) is 0 Å². The third kappa shape index (κ3) is 3.78. The number of fused-ring (bicyclic) bond motifs is 1. The van der Waals surface area contributed by atoms with Gasteiger partial charge in [0.2, 0.25) is 10.0 Å². The lowest BCUT2D eigenvalue weighted by Crippen LogP contribution is -2.37. The lowest BCUT2D eigenvalue weighted by Gasteiger charge is -2.10. The molecule has 28 heavy (non-hydrogen) atoms. The molecule has 0 aliphatic heterocycles. The van der Waals surface area contributed by atoms with Crippen molar-refractivity contribution in [3.63, 3.8) is 0 Å². The Kier molecular flexibility index (Phi) is 4.77. The smallest absolute Gasteiger partial charge is 0.321 e. The maximum Gasteiger partial charge on any atom is 0.332 e. The summed E-state index contributed by atoms with van der Waals surface area (Å²) in [5.74, 6) is -0.577. The minimum absolute atomic E-state index is 0.00257. The number of aryl methyl sites for hydroxylation is 1. The molecule has 2 heterocycles. The zero-order chi connectivity index (χ0) is 20.6. The van der Waals surface area contributed by atoms with Crippen LogP contribution in [0.15, 0.2) is 46.0 Å². The van der Waals surface area contributed by atoms with Gasteiger partial charge in [0.05, 0.1) is 17.3 Å². The van der Waals surface area contributed by atoms with Gasteiger partial charge >= 0.3 is 5.69 Å². The number of aromatic nitrogens is 3. The highest BCUT2D eigenvalue weighted by Gasteiger charge is 2.14. The Hall–Kier alpha value is -3.47. The van der Waals surface area contributed by atoms with Crippen molar-refractivity contribution in [3.8, 4) is 0 Å². The normalized spacial score (nSPS) is 11.4. The molecule has 2 N–H and O–H groups in total. The molecule has 3 aromatic rings. The van der Waals surface area contributed by atoms with Crippen LogP contribution in [-0.4, -0.2) is 34.7 Å². The molecule has 0 unspecified atom stereocenters. The summed E-state index contributed by atoms with van der Waals surface area (Å²) in [5.41, 5.74) is -0.333. The van der Waals surface area contributed by atoms with E-state index in [2.05, 4.69) is 15.0 Å². The molecule has 0 radical (unpaired) electrons. The van der Waals surface area contributed by atoms with Gasteiger partial charge in [0, 0.05) is 19.8 Å². The van der Waals surface area contributed by atoms with E-state index < -0.39 is 27.2 Å². The second-order valence-corrected chi connectivity index (χ2v) is 7.93. The molecular formula is C17H17N5O5S. The van der Waals surface area contributed by atoms with Crippen LogP contribution in [-0.2, 0) is 24.1 Å². The predicted molar refractivity (Wildman–Crippen MR) is 105 cm³/mol. The van der Waals surface area contributed by atoms with Crippen LogP contribution in [0.25, 0.3) is 11.0 Å². The standard InChI is InChI=1S/C17H17N5O5S/c1-21-14-12(16(24)22(2)17(21)25)7-8-13(19-14)15(23)18-10-5-4-6-11(9-10)20-28(3,26)27/h4-9,20H,1-3H3,(H,18,23). The lowest BCUT2D eigenvalue weighted by atomic mass is 10.2. The van der Waals surface area contributed by atoms with E-state index in [0.717, 1.165) is 10.8 Å². The fourth-order valence-electron chi connectivity index (χ4n) is 2.65. The first kappa shape index (κ1) is 19.3. The molecule has 1 amide bonds. The number of nitrogens with zero attached hydrogens (tertiary/aromatic N) is 3. The lowest BCUT2D eigenvalue weighted by molar-refractivity contribution is 0.102. The maximum atomic E-state index is 12.5. The molecule has 146 valence electrons. The highest BCUT2D eigenvalue weighted by Crippen LogP contribution is 2.17. The number of anilines is 2. The first-order chi connectivity index (χ1) is 13.1. The Morgan fingerprint density at radius 3 is 2.39 bits per heavy atom. The van der Waals surface area contributed by atoms with Crippen molar-refractivity contribution >= 4 is 38.3 Å². The van der Waals surface area contributed by atoms with Crippen LogP contribution in [0.2, 0.25) is 0 Å². The van der Waals surface area contributed by atoms with Crippen LogP contribution in [0.3, 0.4) is 0 Å². The molecule has 0 aliphatic rings. The monoisotopic (exact) mass is 403 g/mol. The van der Waals surface area contributed by atoms with E-state index >= 15 is 0 Å². The summed E-state index contributed by atoms with van der Waals surface area (Å²) in [6, 6.07) is 8.95. The molecule has 0 spiro atoms. The van der Waals surface area contributed by atoms with E-state index in [4.69, 9.17) is 0 Å². The number of pyridine rings is 1. The number of hydrogen-bond donors (Lipinski definition) is 2. The van der Waals surface area contributed by atoms with Gasteiger partial charge in [-0.3, -0.25) is 23.4 Å². The number of amides is 1.